The standard InChI is InChI=1S/C41H44FN5O2/c1-46(2)19-20-49-40-24-35-31-14-12-27(21-37(31)44-38(35)22-28(40)25-43-30-9-6-5-7-10-30)26-47(3)18-8-11-33-39(48-4)17-15-32-34-23-29(42)13-16-36(34)45-41(32)33/h5-7,9-10,12-17,21-24,43-45H,8,11,18-20,25-26H2,1-4H3. The zero-order valence-corrected chi connectivity index (χ0v) is 28.7. The number of nitrogens with one attached hydrogen (secondary N) is 3. The predicted molar refractivity (Wildman–Crippen MR) is 201 cm³/mol. The Morgan fingerprint density at radius 1 is 0.735 bits per heavy atom. The van der Waals surface area contributed by atoms with Crippen LogP contribution in [0.3, 0.4) is 0 Å². The first-order valence-corrected chi connectivity index (χ1v) is 17.0. The smallest absolute Gasteiger partial charge is 0.125 e. The maximum atomic E-state index is 14.0. The minimum atomic E-state index is -0.228. The lowest BCUT2D eigenvalue weighted by atomic mass is 10.0. The van der Waals surface area contributed by atoms with Gasteiger partial charge in [-0.15, -0.1) is 0 Å². The van der Waals surface area contributed by atoms with Crippen LogP contribution in [-0.4, -0.2) is 67.7 Å². The van der Waals surface area contributed by atoms with E-state index in [2.05, 4.69) is 88.7 Å². The Balaban J connectivity index is 1.06. The van der Waals surface area contributed by atoms with Gasteiger partial charge in [0, 0.05) is 74.5 Å². The van der Waals surface area contributed by atoms with Gasteiger partial charge in [-0.3, -0.25) is 0 Å². The molecule has 7 aromatic rings. The van der Waals surface area contributed by atoms with Gasteiger partial charge in [-0.2, -0.15) is 0 Å². The number of aryl methyl sites for hydroxylation is 1. The number of hydrogen-bond donors (Lipinski definition) is 3. The van der Waals surface area contributed by atoms with Gasteiger partial charge < -0.3 is 34.6 Å². The van der Waals surface area contributed by atoms with E-state index in [9.17, 15) is 4.39 Å². The molecule has 7 rings (SSSR count). The Morgan fingerprint density at radius 2 is 1.53 bits per heavy atom. The van der Waals surface area contributed by atoms with Crippen molar-refractivity contribution in [2.75, 3.05) is 53.3 Å². The summed E-state index contributed by atoms with van der Waals surface area (Å²) in [6.07, 6.45) is 1.81. The first kappa shape index (κ1) is 32.5. The molecule has 2 aromatic heterocycles. The maximum Gasteiger partial charge on any atom is 0.125 e. The van der Waals surface area contributed by atoms with Crippen molar-refractivity contribution in [3.05, 3.63) is 114 Å². The quantitative estimate of drug-likeness (QED) is 0.109. The highest BCUT2D eigenvalue weighted by molar-refractivity contribution is 6.09. The summed E-state index contributed by atoms with van der Waals surface area (Å²) in [6, 6.07) is 30.3. The number of anilines is 1. The van der Waals surface area contributed by atoms with E-state index in [0.717, 1.165) is 93.6 Å². The molecule has 252 valence electrons. The lowest BCUT2D eigenvalue weighted by Crippen LogP contribution is -2.20. The molecule has 0 saturated carbocycles. The van der Waals surface area contributed by atoms with Crippen molar-refractivity contribution in [3.63, 3.8) is 0 Å². The van der Waals surface area contributed by atoms with Gasteiger partial charge in [0.05, 0.1) is 12.6 Å². The lowest BCUT2D eigenvalue weighted by Gasteiger charge is -2.17. The summed E-state index contributed by atoms with van der Waals surface area (Å²) in [6.45, 7) is 3.90. The van der Waals surface area contributed by atoms with Crippen molar-refractivity contribution in [3.8, 4) is 11.5 Å². The second-order valence-corrected chi connectivity index (χ2v) is 13.2. The minimum Gasteiger partial charge on any atom is -0.496 e. The Bertz CT molecular complexity index is 2220. The number of H-pyrrole nitrogens is 2. The third-order valence-corrected chi connectivity index (χ3v) is 9.34. The van der Waals surface area contributed by atoms with Crippen LogP contribution in [0.2, 0.25) is 0 Å². The molecular weight excluding hydrogens is 613 g/mol. The summed E-state index contributed by atoms with van der Waals surface area (Å²) in [5.41, 5.74) is 8.78. The molecule has 7 nitrogen and oxygen atoms in total. The predicted octanol–water partition coefficient (Wildman–Crippen LogP) is 8.72. The van der Waals surface area contributed by atoms with E-state index in [1.54, 1.807) is 19.2 Å². The van der Waals surface area contributed by atoms with E-state index in [0.29, 0.717) is 13.2 Å². The molecule has 49 heavy (non-hydrogen) atoms. The van der Waals surface area contributed by atoms with Crippen LogP contribution in [0.5, 0.6) is 11.5 Å². The molecule has 2 heterocycles. The average molecular weight is 658 g/mol. The van der Waals surface area contributed by atoms with E-state index in [1.807, 2.05) is 30.3 Å². The molecule has 0 bridgehead atoms. The van der Waals surface area contributed by atoms with E-state index in [-0.39, 0.29) is 5.82 Å². The summed E-state index contributed by atoms with van der Waals surface area (Å²) >= 11 is 0. The van der Waals surface area contributed by atoms with Gasteiger partial charge in [-0.1, -0.05) is 30.3 Å². The molecule has 0 amide bonds. The molecule has 0 aliphatic rings. The van der Waals surface area contributed by atoms with Crippen molar-refractivity contribution in [2.45, 2.75) is 25.9 Å². The molecule has 0 radical (unpaired) electrons. The van der Waals surface area contributed by atoms with Crippen LogP contribution in [0.1, 0.15) is 23.1 Å². The SMILES string of the molecule is COc1ccc2c([nH]c3ccc(F)cc32)c1CCCN(C)Cc1ccc2c(c1)[nH]c1cc(CNc3ccccc3)c(OCCN(C)C)cc12. The highest BCUT2D eigenvalue weighted by Crippen LogP contribution is 2.35. The second kappa shape index (κ2) is 14.2. The molecule has 8 heteroatoms. The summed E-state index contributed by atoms with van der Waals surface area (Å²) in [7, 11) is 8.00. The molecule has 5 aromatic carbocycles. The highest BCUT2D eigenvalue weighted by atomic mass is 19.1. The van der Waals surface area contributed by atoms with Crippen molar-refractivity contribution in [1.82, 2.24) is 19.8 Å². The number of ether oxygens (including phenoxy) is 2. The number of fused-ring (bicyclic) bond motifs is 6. The molecule has 0 fully saturated rings. The van der Waals surface area contributed by atoms with Gasteiger partial charge in [0.25, 0.3) is 0 Å². The summed E-state index contributed by atoms with van der Waals surface area (Å²) in [5.74, 6) is 1.54. The number of rotatable bonds is 14. The third kappa shape index (κ3) is 7.07. The number of aromatic amines is 2. The van der Waals surface area contributed by atoms with Crippen LogP contribution in [-0.2, 0) is 19.5 Å². The number of nitrogens with zero attached hydrogens (tertiary/aromatic N) is 2. The summed E-state index contributed by atoms with van der Waals surface area (Å²) < 4.78 is 26.1. The van der Waals surface area contributed by atoms with E-state index >= 15 is 0 Å². The van der Waals surface area contributed by atoms with Crippen molar-refractivity contribution in [1.29, 1.82) is 0 Å². The molecule has 0 aliphatic carbocycles. The zero-order chi connectivity index (χ0) is 33.9. The summed E-state index contributed by atoms with van der Waals surface area (Å²) in [5, 5.41) is 7.83. The molecule has 0 spiro atoms. The maximum absolute atomic E-state index is 14.0. The molecule has 0 unspecified atom stereocenters. The van der Waals surface area contributed by atoms with Gasteiger partial charge in [-0.25, -0.2) is 4.39 Å². The second-order valence-electron chi connectivity index (χ2n) is 13.2. The molecular formula is C41H44FN5O2. The van der Waals surface area contributed by atoms with Crippen LogP contribution in [0.4, 0.5) is 10.1 Å². The van der Waals surface area contributed by atoms with Gasteiger partial charge in [-0.05, 0) is 107 Å². The third-order valence-electron chi connectivity index (χ3n) is 9.34. The van der Waals surface area contributed by atoms with Crippen molar-refractivity contribution in [2.24, 2.45) is 0 Å². The van der Waals surface area contributed by atoms with E-state index < -0.39 is 0 Å². The van der Waals surface area contributed by atoms with Gasteiger partial charge >= 0.3 is 0 Å². The van der Waals surface area contributed by atoms with Crippen LogP contribution in [0, 0.1) is 5.82 Å². The summed E-state index contributed by atoms with van der Waals surface area (Å²) in [4.78, 5) is 11.7. The number of hydrogen-bond acceptors (Lipinski definition) is 5. The number of likely N-dealkylation sites (N-methyl/N-ethyl adjacent to an activating group) is 1. The van der Waals surface area contributed by atoms with Gasteiger partial charge in [0.15, 0.2) is 0 Å². The first-order chi connectivity index (χ1) is 23.9. The normalized spacial score (nSPS) is 11.9. The Labute approximate surface area is 286 Å². The monoisotopic (exact) mass is 657 g/mol. The van der Waals surface area contributed by atoms with Crippen molar-refractivity contribution < 1.29 is 13.9 Å². The molecule has 0 saturated heterocycles. The zero-order valence-electron chi connectivity index (χ0n) is 28.7. The van der Waals surface area contributed by atoms with E-state index in [1.165, 1.54) is 22.4 Å². The van der Waals surface area contributed by atoms with Crippen LogP contribution in [0.15, 0.2) is 91.0 Å². The lowest BCUT2D eigenvalue weighted by molar-refractivity contribution is 0.260. The fraction of sp³-hybridized carbons (Fsp3) is 0.268. The number of aromatic nitrogens is 2. The number of halogens is 1. The Kier molecular flexibility index (Phi) is 9.42. The van der Waals surface area contributed by atoms with Crippen molar-refractivity contribution >= 4 is 49.3 Å². The number of benzene rings is 5. The van der Waals surface area contributed by atoms with Gasteiger partial charge in [0.1, 0.15) is 23.9 Å². The Hall–Kier alpha value is -5.05. The van der Waals surface area contributed by atoms with Gasteiger partial charge in [0.2, 0.25) is 0 Å². The topological polar surface area (TPSA) is 68.5 Å². The largest absolute Gasteiger partial charge is 0.496 e. The molecule has 0 aliphatic heterocycles. The fourth-order valence-electron chi connectivity index (χ4n) is 6.82. The minimum absolute atomic E-state index is 0.228. The average Bonchev–Trinajstić information content (AvgIpc) is 3.64. The number of para-hydroxylation sites is 1. The number of methoxy groups -OCH3 is 1. The van der Waals surface area contributed by atoms with Crippen LogP contribution >= 0.6 is 0 Å². The van der Waals surface area contributed by atoms with Crippen LogP contribution < -0.4 is 14.8 Å². The Morgan fingerprint density at radius 3 is 2.35 bits per heavy atom. The first-order valence-electron chi connectivity index (χ1n) is 17.0. The molecule has 0 atom stereocenters. The van der Waals surface area contributed by atoms with Crippen LogP contribution in [0.25, 0.3) is 43.6 Å². The van der Waals surface area contributed by atoms with E-state index in [4.69, 9.17) is 9.47 Å². The highest BCUT2D eigenvalue weighted by Gasteiger charge is 2.15. The molecule has 3 N–H and O–H groups in total. The fourth-order valence-corrected chi connectivity index (χ4v) is 6.82.